The van der Waals surface area contributed by atoms with Crippen molar-refractivity contribution in [3.63, 3.8) is 0 Å². The number of nitrogens with one attached hydrogen (secondary N) is 1. The summed E-state index contributed by atoms with van der Waals surface area (Å²) in [4.78, 5) is 15.6. The lowest BCUT2D eigenvalue weighted by Gasteiger charge is -1.97. The van der Waals surface area contributed by atoms with E-state index in [4.69, 9.17) is 5.73 Å². The molecular weight excluding hydrogens is 234 g/mol. The van der Waals surface area contributed by atoms with Gasteiger partial charge in [0, 0.05) is 12.0 Å². The van der Waals surface area contributed by atoms with Gasteiger partial charge in [-0.25, -0.2) is 4.98 Å². The minimum Gasteiger partial charge on any atom is -0.389 e. The maximum Gasteiger partial charge on any atom is 0.225 e. The second kappa shape index (κ2) is 4.97. The number of nitrogens with zero attached hydrogens (tertiary/aromatic N) is 1. The fourth-order valence-corrected chi connectivity index (χ4v) is 2.17. The van der Waals surface area contributed by atoms with E-state index in [0.29, 0.717) is 16.6 Å². The molecule has 0 aliphatic carbocycles. The van der Waals surface area contributed by atoms with Gasteiger partial charge in [0.1, 0.15) is 10.7 Å². The van der Waals surface area contributed by atoms with Crippen LogP contribution in [0.2, 0.25) is 0 Å². The lowest BCUT2D eigenvalue weighted by molar-refractivity contribution is -0.115. The summed E-state index contributed by atoms with van der Waals surface area (Å²) in [5.41, 5.74) is 7.58. The number of anilines is 2. The molecule has 3 N–H and O–H groups in total. The third-order valence-corrected chi connectivity index (χ3v) is 3.07. The molecule has 0 aliphatic heterocycles. The predicted molar refractivity (Wildman–Crippen MR) is 70.9 cm³/mol. The fraction of sp³-hybridized carbons (Fsp3) is 0.167. The molecule has 5 heteroatoms. The summed E-state index contributed by atoms with van der Waals surface area (Å²) in [7, 11) is 0. The molecule has 0 saturated heterocycles. The molecule has 1 aromatic carbocycles. The maximum absolute atomic E-state index is 11.3. The molecule has 2 rings (SSSR count). The number of hydrogen-bond donors (Lipinski definition) is 2. The minimum atomic E-state index is -0.0571. The van der Waals surface area contributed by atoms with Gasteiger partial charge < -0.3 is 11.1 Å². The average molecular weight is 247 g/mol. The van der Waals surface area contributed by atoms with Gasteiger partial charge in [-0.3, -0.25) is 4.79 Å². The van der Waals surface area contributed by atoms with E-state index in [-0.39, 0.29) is 5.91 Å². The number of nitrogens with two attached hydrogens (primary N) is 1. The lowest BCUT2D eigenvalue weighted by atomic mass is 10.2. The summed E-state index contributed by atoms with van der Waals surface area (Å²) < 4.78 is 0. The van der Waals surface area contributed by atoms with E-state index in [1.54, 1.807) is 6.92 Å². The number of amides is 1. The van der Waals surface area contributed by atoms with E-state index in [1.807, 2.05) is 30.3 Å². The van der Waals surface area contributed by atoms with E-state index in [9.17, 15) is 4.79 Å². The van der Waals surface area contributed by atoms with E-state index in [0.717, 1.165) is 11.3 Å². The molecule has 0 unspecified atom stereocenters. The Morgan fingerprint density at radius 3 is 2.76 bits per heavy atom. The Hall–Kier alpha value is -1.88. The smallest absolute Gasteiger partial charge is 0.225 e. The Balaban J connectivity index is 2.28. The second-order valence-electron chi connectivity index (χ2n) is 3.50. The highest BCUT2D eigenvalue weighted by Crippen LogP contribution is 2.33. The Bertz CT molecular complexity index is 522. The number of carbonyl (C=O) groups excluding carboxylic acids is 1. The first-order valence-corrected chi connectivity index (χ1v) is 6.14. The Morgan fingerprint density at radius 1 is 1.41 bits per heavy atom. The van der Waals surface area contributed by atoms with Crippen molar-refractivity contribution in [2.24, 2.45) is 0 Å². The first kappa shape index (κ1) is 11.6. The van der Waals surface area contributed by atoms with Crippen molar-refractivity contribution in [1.29, 1.82) is 0 Å². The highest BCUT2D eigenvalue weighted by molar-refractivity contribution is 7.20. The third kappa shape index (κ3) is 2.62. The van der Waals surface area contributed by atoms with Gasteiger partial charge >= 0.3 is 0 Å². The number of rotatable bonds is 3. The van der Waals surface area contributed by atoms with Crippen LogP contribution in [0.4, 0.5) is 10.1 Å². The molecule has 4 nitrogen and oxygen atoms in total. The molecule has 17 heavy (non-hydrogen) atoms. The first-order valence-electron chi connectivity index (χ1n) is 5.32. The normalized spacial score (nSPS) is 10.2. The average Bonchev–Trinajstić information content (AvgIpc) is 2.71. The summed E-state index contributed by atoms with van der Waals surface area (Å²) in [5, 5.41) is 3.87. The summed E-state index contributed by atoms with van der Waals surface area (Å²) in [6, 6.07) is 9.68. The van der Waals surface area contributed by atoms with Crippen LogP contribution in [0, 0.1) is 0 Å². The van der Waals surface area contributed by atoms with Gasteiger partial charge in [-0.05, 0) is 0 Å². The van der Waals surface area contributed by atoms with Crippen LogP contribution in [-0.4, -0.2) is 10.9 Å². The predicted octanol–water partition coefficient (Wildman–Crippen LogP) is 2.74. The molecule has 0 fully saturated rings. The standard InChI is InChI=1S/C12H13N3OS/c1-2-9(16)14-12-15-10(11(13)17-12)8-6-4-3-5-7-8/h3-7H,2,13H2,1H3,(H,14,15,16). The summed E-state index contributed by atoms with van der Waals surface area (Å²) in [6.07, 6.45) is 0.431. The quantitative estimate of drug-likeness (QED) is 0.876. The van der Waals surface area contributed by atoms with E-state index < -0.39 is 0 Å². The van der Waals surface area contributed by atoms with Crippen molar-refractivity contribution in [3.05, 3.63) is 30.3 Å². The van der Waals surface area contributed by atoms with Crippen molar-refractivity contribution < 1.29 is 4.79 Å². The number of benzene rings is 1. The largest absolute Gasteiger partial charge is 0.389 e. The highest BCUT2D eigenvalue weighted by atomic mass is 32.1. The highest BCUT2D eigenvalue weighted by Gasteiger charge is 2.11. The van der Waals surface area contributed by atoms with Crippen LogP contribution in [0.5, 0.6) is 0 Å². The van der Waals surface area contributed by atoms with Crippen molar-refractivity contribution in [1.82, 2.24) is 4.98 Å². The number of nitrogen functional groups attached to an aromatic ring is 1. The molecule has 0 aliphatic rings. The number of thiazole rings is 1. The summed E-state index contributed by atoms with van der Waals surface area (Å²) in [6.45, 7) is 1.80. The van der Waals surface area contributed by atoms with Crippen LogP contribution in [-0.2, 0) is 4.79 Å². The van der Waals surface area contributed by atoms with Crippen LogP contribution in [0.25, 0.3) is 11.3 Å². The SMILES string of the molecule is CCC(=O)Nc1nc(-c2ccccc2)c(N)s1. The minimum absolute atomic E-state index is 0.0571. The molecule has 1 aromatic heterocycles. The topological polar surface area (TPSA) is 68.0 Å². The van der Waals surface area contributed by atoms with Crippen molar-refractivity contribution in [3.8, 4) is 11.3 Å². The van der Waals surface area contributed by atoms with Crippen molar-refractivity contribution >= 4 is 27.4 Å². The molecule has 2 aromatic rings. The van der Waals surface area contributed by atoms with Gasteiger partial charge in [-0.15, -0.1) is 0 Å². The summed E-state index contributed by atoms with van der Waals surface area (Å²) in [5.74, 6) is -0.0571. The monoisotopic (exact) mass is 247 g/mol. The van der Waals surface area contributed by atoms with Gasteiger partial charge in [-0.1, -0.05) is 48.6 Å². The Kier molecular flexibility index (Phi) is 3.39. The van der Waals surface area contributed by atoms with Crippen molar-refractivity contribution in [2.45, 2.75) is 13.3 Å². The van der Waals surface area contributed by atoms with E-state index in [2.05, 4.69) is 10.3 Å². The summed E-state index contributed by atoms with van der Waals surface area (Å²) >= 11 is 1.29. The number of hydrogen-bond acceptors (Lipinski definition) is 4. The fourth-order valence-electron chi connectivity index (χ4n) is 1.40. The molecule has 1 heterocycles. The van der Waals surface area contributed by atoms with Crippen LogP contribution < -0.4 is 11.1 Å². The van der Waals surface area contributed by atoms with E-state index in [1.165, 1.54) is 11.3 Å². The van der Waals surface area contributed by atoms with Crippen molar-refractivity contribution in [2.75, 3.05) is 11.1 Å². The number of carbonyl (C=O) groups is 1. The zero-order chi connectivity index (χ0) is 12.3. The Labute approximate surface area is 103 Å². The molecule has 0 bridgehead atoms. The maximum atomic E-state index is 11.3. The molecule has 0 radical (unpaired) electrons. The van der Waals surface area contributed by atoms with Crippen LogP contribution in [0.3, 0.4) is 0 Å². The zero-order valence-electron chi connectivity index (χ0n) is 9.43. The lowest BCUT2D eigenvalue weighted by Crippen LogP contribution is -2.08. The van der Waals surface area contributed by atoms with Gasteiger partial charge in [0.2, 0.25) is 5.91 Å². The Morgan fingerprint density at radius 2 is 2.12 bits per heavy atom. The van der Waals surface area contributed by atoms with Gasteiger partial charge in [-0.2, -0.15) is 0 Å². The molecular formula is C12H13N3OS. The molecule has 0 spiro atoms. The molecule has 1 amide bonds. The van der Waals surface area contributed by atoms with E-state index >= 15 is 0 Å². The van der Waals surface area contributed by atoms with Crippen LogP contribution in [0.1, 0.15) is 13.3 Å². The first-order chi connectivity index (χ1) is 8.20. The number of aromatic nitrogens is 1. The second-order valence-corrected chi connectivity index (χ2v) is 4.53. The van der Waals surface area contributed by atoms with Gasteiger partial charge in [0.05, 0.1) is 0 Å². The molecule has 88 valence electrons. The van der Waals surface area contributed by atoms with Gasteiger partial charge in [0.25, 0.3) is 0 Å². The van der Waals surface area contributed by atoms with Gasteiger partial charge in [0.15, 0.2) is 5.13 Å². The molecule has 0 saturated carbocycles. The van der Waals surface area contributed by atoms with Crippen LogP contribution in [0.15, 0.2) is 30.3 Å². The van der Waals surface area contributed by atoms with Crippen LogP contribution >= 0.6 is 11.3 Å². The third-order valence-electron chi connectivity index (χ3n) is 2.27. The molecule has 0 atom stereocenters. The zero-order valence-corrected chi connectivity index (χ0v) is 10.3.